The van der Waals surface area contributed by atoms with Gasteiger partial charge >= 0.3 is 19.3 Å². The van der Waals surface area contributed by atoms with Crippen molar-refractivity contribution >= 4 is 77.8 Å². The van der Waals surface area contributed by atoms with Crippen LogP contribution in [-0.4, -0.2) is 93.7 Å². The molecule has 0 saturated heterocycles. The molecule has 446 valence electrons. The molecule has 2 saturated carbocycles. The number of hydrogen-bond acceptors (Lipinski definition) is 17. The number of benzene rings is 3. The lowest BCUT2D eigenvalue weighted by molar-refractivity contribution is -0.120. The Hall–Kier alpha value is -7.87. The second-order valence-electron chi connectivity index (χ2n) is 19.7. The van der Waals surface area contributed by atoms with E-state index in [1.54, 1.807) is 54.6 Å². The predicted octanol–water partition coefficient (Wildman–Crippen LogP) is 10.4. The summed E-state index contributed by atoms with van der Waals surface area (Å²) in [7, 11) is -6.81. The van der Waals surface area contributed by atoms with Crippen LogP contribution >= 0.6 is 34.8 Å². The molecule has 85 heavy (non-hydrogen) atoms. The van der Waals surface area contributed by atoms with Gasteiger partial charge in [0.15, 0.2) is 0 Å². The Labute approximate surface area is 493 Å². The summed E-state index contributed by atoms with van der Waals surface area (Å²) in [5.41, 5.74) is 1.44. The van der Waals surface area contributed by atoms with E-state index < -0.39 is 91.8 Å². The lowest BCUT2D eigenvalue weighted by Gasteiger charge is -2.25. The first-order valence-corrected chi connectivity index (χ1v) is 29.9. The number of aromatic nitrogens is 12. The number of carbonyl (C=O) groups is 1. The lowest BCUT2D eigenvalue weighted by atomic mass is 10.2. The fraction of sp³-hybridized carbons (Fsp3) is 0.333. The highest BCUT2D eigenvalue weighted by atomic mass is 35.5. The highest BCUT2D eigenvalue weighted by molar-refractivity contribution is 7.93. The van der Waals surface area contributed by atoms with Crippen LogP contribution in [0.1, 0.15) is 73.8 Å². The number of alkyl halides is 6. The summed E-state index contributed by atoms with van der Waals surface area (Å²) in [4.78, 5) is 16.5. The van der Waals surface area contributed by atoms with E-state index in [9.17, 15) is 43.2 Å². The molecule has 2 fully saturated rings. The summed E-state index contributed by atoms with van der Waals surface area (Å²) < 4.78 is 161. The number of hydrogen-bond donors (Lipinski definition) is 0. The van der Waals surface area contributed by atoms with E-state index in [-0.39, 0.29) is 118 Å². The van der Waals surface area contributed by atoms with Gasteiger partial charge in [-0.2, -0.15) is 41.6 Å². The standard InChI is InChI=1S/C51H44Cl3F6N15O8S2/c1-3-84(77,78)74(32-11-5-8-29(53)16-32)25-36-20-40(47-63-66-50(83-47)44(59)60)68-72(36)21-26-13-37(26)51(76)71(31-10-4-7-28(52)15-31)23-35-19-39(46-62-65-49(82-46)43(57)58)69-73(35)22-27-14-41(27)85(79,80)75(33-12-6-9-30(54)17-33)24-34-18-38(67-70(34)2)45-61-64-48(81-45)42(55)56/h4-12,15-20,26-27,37,41-44H,3,13-14,21-25H2,1-2H3. The van der Waals surface area contributed by atoms with Crippen LogP contribution in [0.5, 0.6) is 0 Å². The van der Waals surface area contributed by atoms with Crippen LogP contribution < -0.4 is 13.5 Å². The summed E-state index contributed by atoms with van der Waals surface area (Å²) in [6.07, 6.45) is -8.90. The fourth-order valence-corrected chi connectivity index (χ4v) is 13.3. The first-order valence-electron chi connectivity index (χ1n) is 25.7. The zero-order valence-corrected chi connectivity index (χ0v) is 48.0. The number of aryl methyl sites for hydroxylation is 1. The molecule has 9 aromatic rings. The Morgan fingerprint density at radius 2 is 1.01 bits per heavy atom. The minimum atomic E-state index is -4.33. The van der Waals surface area contributed by atoms with Gasteiger partial charge in [-0.1, -0.05) is 53.0 Å². The number of halogens is 9. The van der Waals surface area contributed by atoms with Gasteiger partial charge in [-0.15, -0.1) is 30.6 Å². The highest BCUT2D eigenvalue weighted by Gasteiger charge is 2.51. The van der Waals surface area contributed by atoms with Crippen molar-refractivity contribution in [3.05, 3.63) is 141 Å². The molecule has 2 aliphatic carbocycles. The quantitative estimate of drug-likeness (QED) is 0.0509. The van der Waals surface area contributed by atoms with Crippen LogP contribution in [0.3, 0.4) is 0 Å². The van der Waals surface area contributed by atoms with Crippen LogP contribution in [0, 0.1) is 17.8 Å². The van der Waals surface area contributed by atoms with E-state index in [0.29, 0.717) is 11.4 Å². The molecule has 1 amide bonds. The Balaban J connectivity index is 0.891. The molecule has 0 N–H and O–H groups in total. The minimum Gasteiger partial charge on any atom is -0.413 e. The molecule has 0 radical (unpaired) electrons. The van der Waals surface area contributed by atoms with E-state index in [2.05, 4.69) is 45.9 Å². The predicted molar refractivity (Wildman–Crippen MR) is 292 cm³/mol. The monoisotopic (exact) mass is 1280 g/mol. The normalized spacial score (nSPS) is 16.9. The van der Waals surface area contributed by atoms with E-state index in [0.717, 1.165) is 8.61 Å². The molecule has 0 bridgehead atoms. The number of nitrogens with zero attached hydrogens (tertiary/aromatic N) is 15. The van der Waals surface area contributed by atoms with E-state index in [4.69, 9.17) is 48.1 Å². The third-order valence-electron chi connectivity index (χ3n) is 14.1. The zero-order valence-electron chi connectivity index (χ0n) is 44.1. The minimum absolute atomic E-state index is 0.00143. The van der Waals surface area contributed by atoms with Crippen LogP contribution in [0.25, 0.3) is 34.8 Å². The molecule has 0 aliphatic heterocycles. The van der Waals surface area contributed by atoms with Gasteiger partial charge in [0.25, 0.3) is 35.3 Å². The Morgan fingerprint density at radius 1 is 0.576 bits per heavy atom. The van der Waals surface area contributed by atoms with Gasteiger partial charge in [0.05, 0.1) is 59.1 Å². The smallest absolute Gasteiger partial charge is 0.314 e. The molecule has 3 aromatic carbocycles. The number of carbonyl (C=O) groups excluding carboxylic acids is 1. The number of sulfonamides is 2. The van der Waals surface area contributed by atoms with Crippen molar-refractivity contribution in [3.63, 3.8) is 0 Å². The molecule has 23 nitrogen and oxygen atoms in total. The van der Waals surface area contributed by atoms with Crippen molar-refractivity contribution in [3.8, 4) is 34.8 Å². The second kappa shape index (κ2) is 23.5. The first-order chi connectivity index (χ1) is 40.5. The Kier molecular flexibility index (Phi) is 16.3. The highest BCUT2D eigenvalue weighted by Crippen LogP contribution is 2.45. The number of rotatable bonds is 24. The van der Waals surface area contributed by atoms with Gasteiger partial charge in [0.1, 0.15) is 17.1 Å². The average Bonchev–Trinajstić information content (AvgIpc) is 3.77. The average molecular weight is 1280 g/mol. The fourth-order valence-electron chi connectivity index (χ4n) is 9.56. The molecule has 0 spiro atoms. The van der Waals surface area contributed by atoms with Crippen LogP contribution in [0.15, 0.2) is 104 Å². The largest absolute Gasteiger partial charge is 0.413 e. The SMILES string of the molecule is CCS(=O)(=O)N(Cc1cc(-c2nnc(C(F)F)o2)nn1CC1CC1C(=O)N(Cc1cc(-c2nnc(C(F)F)o2)nn1CC1CC1S(=O)(=O)N(Cc1cc(-c2nnc(C(F)F)o2)nn1C)c1cccc(Cl)c1)c1cccc(Cl)c1)c1cccc(Cl)c1. The third kappa shape index (κ3) is 12.6. The van der Waals surface area contributed by atoms with E-state index >= 15 is 4.79 Å². The summed E-state index contributed by atoms with van der Waals surface area (Å²) in [6, 6.07) is 22.9. The maximum Gasteiger partial charge on any atom is 0.314 e. The molecule has 4 atom stereocenters. The summed E-state index contributed by atoms with van der Waals surface area (Å²) in [5.74, 6) is -6.56. The first kappa shape index (κ1) is 58.9. The third-order valence-corrected chi connectivity index (χ3v) is 18.8. The van der Waals surface area contributed by atoms with Gasteiger partial charge in [-0.3, -0.25) is 27.5 Å². The van der Waals surface area contributed by atoms with Gasteiger partial charge in [-0.05, 0) is 104 Å². The van der Waals surface area contributed by atoms with Crippen molar-refractivity contribution in [1.29, 1.82) is 0 Å². The van der Waals surface area contributed by atoms with Crippen LogP contribution in [0.2, 0.25) is 15.1 Å². The molecule has 34 heteroatoms. The summed E-state index contributed by atoms with van der Waals surface area (Å²) in [6.45, 7) is 0.436. The molecular weight excluding hydrogens is 1240 g/mol. The van der Waals surface area contributed by atoms with Gasteiger partial charge in [-0.25, -0.2) is 16.8 Å². The van der Waals surface area contributed by atoms with Crippen molar-refractivity contribution in [2.75, 3.05) is 19.3 Å². The lowest BCUT2D eigenvalue weighted by Crippen LogP contribution is -2.35. The summed E-state index contributed by atoms with van der Waals surface area (Å²) in [5, 5.41) is 34.6. The Morgan fingerprint density at radius 3 is 1.49 bits per heavy atom. The molecule has 6 heterocycles. The van der Waals surface area contributed by atoms with Crippen molar-refractivity contribution in [2.24, 2.45) is 24.8 Å². The topological polar surface area (TPSA) is 265 Å². The van der Waals surface area contributed by atoms with Crippen LogP contribution in [0.4, 0.5) is 43.4 Å². The van der Waals surface area contributed by atoms with Crippen molar-refractivity contribution in [1.82, 2.24) is 59.9 Å². The Bertz CT molecular complexity index is 4180. The van der Waals surface area contributed by atoms with Gasteiger partial charge < -0.3 is 18.2 Å². The number of amides is 1. The maximum atomic E-state index is 15.1. The molecular formula is C51H44Cl3F6N15O8S2. The molecule has 6 aromatic heterocycles. The van der Waals surface area contributed by atoms with Crippen LogP contribution in [-0.2, 0) is 64.6 Å². The second-order valence-corrected chi connectivity index (χ2v) is 25.3. The molecule has 11 rings (SSSR count). The number of anilines is 3. The van der Waals surface area contributed by atoms with E-state index in [1.807, 2.05) is 0 Å². The maximum absolute atomic E-state index is 15.1. The summed E-state index contributed by atoms with van der Waals surface area (Å²) >= 11 is 19.2. The van der Waals surface area contributed by atoms with E-state index in [1.165, 1.54) is 69.3 Å². The molecule has 2 aliphatic rings. The van der Waals surface area contributed by atoms with Gasteiger partial charge in [0, 0.05) is 46.8 Å². The molecule has 4 unspecified atom stereocenters. The zero-order chi connectivity index (χ0) is 60.2. The van der Waals surface area contributed by atoms with Crippen molar-refractivity contribution < 1.29 is 61.2 Å². The van der Waals surface area contributed by atoms with Crippen molar-refractivity contribution in [2.45, 2.75) is 77.0 Å². The van der Waals surface area contributed by atoms with Gasteiger partial charge in [0.2, 0.25) is 26.0 Å².